The summed E-state index contributed by atoms with van der Waals surface area (Å²) in [6.07, 6.45) is 0. The molecule has 0 spiro atoms. The quantitative estimate of drug-likeness (QED) is 0.476. The molecule has 0 bridgehead atoms. The Morgan fingerprint density at radius 1 is 1.13 bits per heavy atom. The number of carbonyl (C=O) groups excluding carboxylic acids is 1. The van der Waals surface area contributed by atoms with E-state index in [-0.39, 0.29) is 5.91 Å². The fourth-order valence-corrected chi connectivity index (χ4v) is 1.88. The van der Waals surface area contributed by atoms with Gasteiger partial charge in [0, 0.05) is 16.5 Å². The zero-order chi connectivity index (χ0) is 10.7. The number of nitrogens with one attached hydrogen (secondary N) is 1. The van der Waals surface area contributed by atoms with Crippen molar-refractivity contribution in [2.24, 2.45) is 0 Å². The zero-order valence-corrected chi connectivity index (χ0v) is 9.52. The number of hydrogen-bond acceptors (Lipinski definition) is 3. The van der Waals surface area contributed by atoms with Gasteiger partial charge < -0.3 is 0 Å². The van der Waals surface area contributed by atoms with Crippen LogP contribution in [0.3, 0.4) is 0 Å². The Bertz CT molecular complexity index is 499. The van der Waals surface area contributed by atoms with Crippen molar-refractivity contribution >= 4 is 39.3 Å². The summed E-state index contributed by atoms with van der Waals surface area (Å²) < 4.78 is 2.57. The third-order valence-electron chi connectivity index (χ3n) is 2.15. The van der Waals surface area contributed by atoms with Gasteiger partial charge in [-0.25, -0.2) is 0 Å². The van der Waals surface area contributed by atoms with Gasteiger partial charge in [0.1, 0.15) is 0 Å². The summed E-state index contributed by atoms with van der Waals surface area (Å²) >= 11 is 3.87. The van der Waals surface area contributed by atoms with E-state index in [0.29, 0.717) is 5.56 Å². The third-order valence-corrected chi connectivity index (χ3v) is 2.70. The minimum absolute atomic E-state index is 0.124. The standard InChI is InChI=1S/C11H9NOS2/c13-11(12-15-14)10-6-5-8-3-1-2-4-9(8)7-10/h1-7,14H,(H,12,13). The molecule has 0 aliphatic carbocycles. The highest BCUT2D eigenvalue weighted by Crippen LogP contribution is 2.16. The Kier molecular flexibility index (Phi) is 3.18. The summed E-state index contributed by atoms with van der Waals surface area (Å²) in [7, 11) is 1.00. The zero-order valence-electron chi connectivity index (χ0n) is 7.81. The number of rotatable bonds is 2. The number of fused-ring (bicyclic) bond motifs is 1. The first-order chi connectivity index (χ1) is 7.31. The molecule has 2 rings (SSSR count). The molecule has 2 nitrogen and oxygen atoms in total. The molecule has 2 aromatic carbocycles. The highest BCUT2D eigenvalue weighted by atomic mass is 33.1. The van der Waals surface area contributed by atoms with Gasteiger partial charge in [0.2, 0.25) is 0 Å². The Labute approximate surface area is 97.0 Å². The van der Waals surface area contributed by atoms with Crippen molar-refractivity contribution in [1.82, 2.24) is 4.72 Å². The van der Waals surface area contributed by atoms with Crippen LogP contribution >= 0.6 is 22.6 Å². The van der Waals surface area contributed by atoms with Gasteiger partial charge in [0.25, 0.3) is 5.91 Å². The van der Waals surface area contributed by atoms with E-state index in [1.165, 1.54) is 0 Å². The second-order valence-electron chi connectivity index (χ2n) is 3.08. The van der Waals surface area contributed by atoms with E-state index in [1.807, 2.05) is 42.5 Å². The van der Waals surface area contributed by atoms with Gasteiger partial charge in [-0.05, 0) is 22.9 Å². The summed E-state index contributed by atoms with van der Waals surface area (Å²) in [4.78, 5) is 11.5. The van der Waals surface area contributed by atoms with E-state index in [9.17, 15) is 4.79 Å². The average Bonchev–Trinajstić information content (AvgIpc) is 2.29. The van der Waals surface area contributed by atoms with Crippen molar-refractivity contribution in [2.45, 2.75) is 0 Å². The van der Waals surface area contributed by atoms with Gasteiger partial charge in [-0.3, -0.25) is 9.52 Å². The second kappa shape index (κ2) is 4.59. The number of thiol groups is 1. The van der Waals surface area contributed by atoms with Crippen LogP contribution in [-0.2, 0) is 0 Å². The summed E-state index contributed by atoms with van der Waals surface area (Å²) in [5.41, 5.74) is 0.648. The molecule has 4 heteroatoms. The van der Waals surface area contributed by atoms with E-state index < -0.39 is 0 Å². The maximum Gasteiger partial charge on any atom is 0.261 e. The topological polar surface area (TPSA) is 29.1 Å². The molecule has 0 unspecified atom stereocenters. The molecule has 0 saturated carbocycles. The van der Waals surface area contributed by atoms with Crippen molar-refractivity contribution in [1.29, 1.82) is 0 Å². The molecule has 76 valence electrons. The molecule has 0 aliphatic rings. The van der Waals surface area contributed by atoms with E-state index in [0.717, 1.165) is 21.8 Å². The summed E-state index contributed by atoms with van der Waals surface area (Å²) in [6.45, 7) is 0. The van der Waals surface area contributed by atoms with E-state index >= 15 is 0 Å². The predicted molar refractivity (Wildman–Crippen MR) is 68.0 cm³/mol. The fourth-order valence-electron chi connectivity index (χ4n) is 1.43. The van der Waals surface area contributed by atoms with Gasteiger partial charge >= 0.3 is 0 Å². The van der Waals surface area contributed by atoms with E-state index in [4.69, 9.17) is 0 Å². The summed E-state index contributed by atoms with van der Waals surface area (Å²) in [6, 6.07) is 13.6. The Hall–Kier alpha value is -1.13. The number of hydrogen-bond donors (Lipinski definition) is 2. The molecule has 0 atom stereocenters. The normalized spacial score (nSPS) is 10.2. The van der Waals surface area contributed by atoms with Crippen molar-refractivity contribution < 1.29 is 4.79 Å². The van der Waals surface area contributed by atoms with Crippen LogP contribution < -0.4 is 4.72 Å². The highest BCUT2D eigenvalue weighted by molar-refractivity contribution is 8.68. The molecular weight excluding hydrogens is 226 g/mol. The maximum absolute atomic E-state index is 11.5. The lowest BCUT2D eigenvalue weighted by Crippen LogP contribution is -2.13. The molecule has 0 aliphatic heterocycles. The van der Waals surface area contributed by atoms with Crippen molar-refractivity contribution in [2.75, 3.05) is 0 Å². The summed E-state index contributed by atoms with van der Waals surface area (Å²) in [5, 5.41) is 2.20. The van der Waals surface area contributed by atoms with Crippen LogP contribution in [0.15, 0.2) is 42.5 Å². The molecule has 0 aromatic heterocycles. The second-order valence-corrected chi connectivity index (χ2v) is 4.02. The molecule has 1 amide bonds. The lowest BCUT2D eigenvalue weighted by Gasteiger charge is -2.02. The van der Waals surface area contributed by atoms with Gasteiger partial charge in [-0.2, -0.15) is 0 Å². The Morgan fingerprint density at radius 2 is 1.87 bits per heavy atom. The van der Waals surface area contributed by atoms with Crippen LogP contribution in [0.4, 0.5) is 0 Å². The van der Waals surface area contributed by atoms with Crippen LogP contribution in [0.5, 0.6) is 0 Å². The van der Waals surface area contributed by atoms with Gasteiger partial charge in [-0.15, -0.1) is 0 Å². The monoisotopic (exact) mass is 235 g/mol. The lowest BCUT2D eigenvalue weighted by atomic mass is 10.1. The third kappa shape index (κ3) is 2.27. The average molecular weight is 235 g/mol. The largest absolute Gasteiger partial charge is 0.287 e. The number of amides is 1. The summed E-state index contributed by atoms with van der Waals surface area (Å²) in [5.74, 6) is -0.124. The van der Waals surface area contributed by atoms with Gasteiger partial charge in [0.05, 0.1) is 0 Å². The Morgan fingerprint density at radius 3 is 2.60 bits per heavy atom. The van der Waals surface area contributed by atoms with Crippen molar-refractivity contribution in [3.05, 3.63) is 48.0 Å². The van der Waals surface area contributed by atoms with Gasteiger partial charge in [-0.1, -0.05) is 42.0 Å². The first kappa shape index (κ1) is 10.4. The molecule has 0 fully saturated rings. The minimum atomic E-state index is -0.124. The predicted octanol–water partition coefficient (Wildman–Crippen LogP) is 3.06. The lowest BCUT2D eigenvalue weighted by molar-refractivity contribution is 0.0985. The molecule has 0 heterocycles. The molecule has 0 saturated heterocycles. The Balaban J connectivity index is 2.42. The molecular formula is C11H9NOS2. The van der Waals surface area contributed by atoms with Crippen molar-refractivity contribution in [3.8, 4) is 0 Å². The van der Waals surface area contributed by atoms with Crippen LogP contribution in [-0.4, -0.2) is 5.91 Å². The van der Waals surface area contributed by atoms with Crippen LogP contribution in [0.1, 0.15) is 10.4 Å². The highest BCUT2D eigenvalue weighted by Gasteiger charge is 2.04. The molecule has 15 heavy (non-hydrogen) atoms. The first-order valence-corrected chi connectivity index (χ1v) is 6.28. The SMILES string of the molecule is O=C(NSS)c1ccc2ccccc2c1. The number of benzene rings is 2. The van der Waals surface area contributed by atoms with Crippen LogP contribution in [0.25, 0.3) is 10.8 Å². The van der Waals surface area contributed by atoms with E-state index in [2.05, 4.69) is 16.4 Å². The van der Waals surface area contributed by atoms with Crippen LogP contribution in [0.2, 0.25) is 0 Å². The van der Waals surface area contributed by atoms with Crippen molar-refractivity contribution in [3.63, 3.8) is 0 Å². The molecule has 1 N–H and O–H groups in total. The minimum Gasteiger partial charge on any atom is -0.287 e. The van der Waals surface area contributed by atoms with Gasteiger partial charge in [0.15, 0.2) is 0 Å². The molecule has 2 aromatic rings. The molecule has 0 radical (unpaired) electrons. The smallest absolute Gasteiger partial charge is 0.261 e. The first-order valence-electron chi connectivity index (χ1n) is 4.41. The fraction of sp³-hybridized carbons (Fsp3) is 0. The maximum atomic E-state index is 11.5. The van der Waals surface area contributed by atoms with Crippen LogP contribution in [0, 0.1) is 0 Å². The van der Waals surface area contributed by atoms with E-state index in [1.54, 1.807) is 0 Å². The number of carbonyl (C=O) groups is 1.